The van der Waals surface area contributed by atoms with Gasteiger partial charge in [0.2, 0.25) is 6.10 Å². The third-order valence-corrected chi connectivity index (χ3v) is 3.50. The second kappa shape index (κ2) is 5.28. The van der Waals surface area contributed by atoms with E-state index in [0.29, 0.717) is 17.2 Å². The minimum Gasteiger partial charge on any atom is -0.485 e. The largest absolute Gasteiger partial charge is 0.485 e. The topological polar surface area (TPSA) is 77.8 Å². The fourth-order valence-electron chi connectivity index (χ4n) is 2.43. The SMILES string of the molecule is Cc1cc2ncc(NC(=O)[C@H]3COc4ccccc4O3)cn2n1. The molecule has 7 nitrogen and oxygen atoms in total. The van der Waals surface area contributed by atoms with Gasteiger partial charge in [-0.2, -0.15) is 5.10 Å². The van der Waals surface area contributed by atoms with Crippen LogP contribution in [0.2, 0.25) is 0 Å². The molecule has 1 atom stereocenters. The summed E-state index contributed by atoms with van der Waals surface area (Å²) in [6, 6.07) is 9.13. The number of anilines is 1. The summed E-state index contributed by atoms with van der Waals surface area (Å²) >= 11 is 0. The van der Waals surface area contributed by atoms with Crippen molar-refractivity contribution in [2.45, 2.75) is 13.0 Å². The van der Waals surface area contributed by atoms with Crippen LogP contribution in [0.1, 0.15) is 5.69 Å². The lowest BCUT2D eigenvalue weighted by Gasteiger charge is -2.25. The number of benzene rings is 1. The molecule has 3 aromatic rings. The summed E-state index contributed by atoms with van der Waals surface area (Å²) in [5, 5.41) is 7.05. The van der Waals surface area contributed by atoms with Crippen molar-refractivity contribution in [1.29, 1.82) is 0 Å². The van der Waals surface area contributed by atoms with Crippen molar-refractivity contribution >= 4 is 17.2 Å². The van der Waals surface area contributed by atoms with E-state index in [1.54, 1.807) is 29.0 Å². The molecule has 116 valence electrons. The molecule has 1 aliphatic rings. The standard InChI is InChI=1S/C16H14N4O3/c1-10-6-15-17-7-11(8-20(15)19-10)18-16(21)14-9-22-12-4-2-3-5-13(12)23-14/h2-8,14H,9H2,1H3,(H,18,21)/t14-/m1/s1. The summed E-state index contributed by atoms with van der Waals surface area (Å²) in [4.78, 5) is 16.6. The van der Waals surface area contributed by atoms with Gasteiger partial charge in [-0.25, -0.2) is 9.50 Å². The molecule has 0 bridgehead atoms. The molecule has 0 spiro atoms. The number of aryl methyl sites for hydroxylation is 1. The molecule has 7 heteroatoms. The number of hydrogen-bond acceptors (Lipinski definition) is 5. The summed E-state index contributed by atoms with van der Waals surface area (Å²) in [5.74, 6) is 0.923. The molecule has 0 aliphatic carbocycles. The number of amides is 1. The second-order valence-electron chi connectivity index (χ2n) is 5.28. The fraction of sp³-hybridized carbons (Fsp3) is 0.188. The Balaban J connectivity index is 1.51. The van der Waals surface area contributed by atoms with Crippen LogP contribution in [0.3, 0.4) is 0 Å². The highest BCUT2D eigenvalue weighted by Crippen LogP contribution is 2.31. The van der Waals surface area contributed by atoms with E-state index in [0.717, 1.165) is 11.3 Å². The average molecular weight is 310 g/mol. The lowest BCUT2D eigenvalue weighted by molar-refractivity contribution is -0.125. The molecule has 1 amide bonds. The third kappa shape index (κ3) is 2.57. The van der Waals surface area contributed by atoms with E-state index in [4.69, 9.17) is 9.47 Å². The van der Waals surface area contributed by atoms with E-state index < -0.39 is 6.10 Å². The number of carbonyl (C=O) groups excluding carboxylic acids is 1. The molecule has 1 N–H and O–H groups in total. The van der Waals surface area contributed by atoms with E-state index in [1.165, 1.54) is 0 Å². The molecular formula is C16H14N4O3. The minimum atomic E-state index is -0.708. The van der Waals surface area contributed by atoms with Gasteiger partial charge in [-0.3, -0.25) is 4.79 Å². The summed E-state index contributed by atoms with van der Waals surface area (Å²) in [7, 11) is 0. The third-order valence-electron chi connectivity index (χ3n) is 3.50. The van der Waals surface area contributed by atoms with Gasteiger partial charge in [0.25, 0.3) is 5.91 Å². The normalized spacial score (nSPS) is 16.3. The van der Waals surface area contributed by atoms with Crippen molar-refractivity contribution in [2.75, 3.05) is 11.9 Å². The molecule has 3 heterocycles. The zero-order valence-electron chi connectivity index (χ0n) is 12.4. The van der Waals surface area contributed by atoms with Gasteiger partial charge in [0.05, 0.1) is 23.8 Å². The number of carbonyl (C=O) groups is 1. The van der Waals surface area contributed by atoms with Gasteiger partial charge < -0.3 is 14.8 Å². The fourth-order valence-corrected chi connectivity index (χ4v) is 2.43. The van der Waals surface area contributed by atoms with Gasteiger partial charge in [-0.05, 0) is 19.1 Å². The molecule has 0 unspecified atom stereocenters. The van der Waals surface area contributed by atoms with Crippen molar-refractivity contribution < 1.29 is 14.3 Å². The lowest BCUT2D eigenvalue weighted by atomic mass is 10.2. The minimum absolute atomic E-state index is 0.166. The molecular weight excluding hydrogens is 296 g/mol. The van der Waals surface area contributed by atoms with Crippen LogP contribution in [0.5, 0.6) is 11.5 Å². The van der Waals surface area contributed by atoms with Crippen LogP contribution < -0.4 is 14.8 Å². The first kappa shape index (κ1) is 13.6. The van der Waals surface area contributed by atoms with E-state index in [2.05, 4.69) is 15.4 Å². The van der Waals surface area contributed by atoms with Crippen LogP contribution in [0.4, 0.5) is 5.69 Å². The van der Waals surface area contributed by atoms with Crippen molar-refractivity contribution in [1.82, 2.24) is 14.6 Å². The monoisotopic (exact) mass is 310 g/mol. The molecule has 2 aromatic heterocycles. The first-order valence-corrected chi connectivity index (χ1v) is 7.20. The van der Waals surface area contributed by atoms with Crippen molar-refractivity contribution in [3.05, 3.63) is 48.4 Å². The maximum Gasteiger partial charge on any atom is 0.269 e. The molecule has 1 aromatic carbocycles. The van der Waals surface area contributed by atoms with Crippen LogP contribution in [-0.2, 0) is 4.79 Å². The van der Waals surface area contributed by atoms with Crippen LogP contribution >= 0.6 is 0 Å². The Morgan fingerprint density at radius 3 is 3.04 bits per heavy atom. The Bertz CT molecular complexity index is 890. The Hall–Kier alpha value is -3.09. The Morgan fingerprint density at radius 1 is 1.35 bits per heavy atom. The Labute approximate surface area is 131 Å². The van der Waals surface area contributed by atoms with E-state index in [9.17, 15) is 4.79 Å². The van der Waals surface area contributed by atoms with Gasteiger partial charge in [-0.1, -0.05) is 12.1 Å². The highest BCUT2D eigenvalue weighted by Gasteiger charge is 2.27. The number of rotatable bonds is 2. The number of ether oxygens (including phenoxy) is 2. The van der Waals surface area contributed by atoms with Gasteiger partial charge in [0.15, 0.2) is 17.1 Å². The van der Waals surface area contributed by atoms with Crippen LogP contribution in [0.25, 0.3) is 5.65 Å². The second-order valence-corrected chi connectivity index (χ2v) is 5.28. The number of para-hydroxylation sites is 2. The van der Waals surface area contributed by atoms with Gasteiger partial charge >= 0.3 is 0 Å². The maximum absolute atomic E-state index is 12.3. The molecule has 0 radical (unpaired) electrons. The van der Waals surface area contributed by atoms with E-state index in [1.807, 2.05) is 25.1 Å². The van der Waals surface area contributed by atoms with Crippen molar-refractivity contribution in [3.63, 3.8) is 0 Å². The van der Waals surface area contributed by atoms with Crippen molar-refractivity contribution in [2.24, 2.45) is 0 Å². The van der Waals surface area contributed by atoms with Crippen LogP contribution in [-0.4, -0.2) is 33.2 Å². The van der Waals surface area contributed by atoms with Gasteiger partial charge in [-0.15, -0.1) is 0 Å². The first-order valence-electron chi connectivity index (χ1n) is 7.20. The molecule has 4 rings (SSSR count). The molecule has 0 saturated heterocycles. The van der Waals surface area contributed by atoms with Gasteiger partial charge in [0.1, 0.15) is 6.61 Å². The molecule has 1 aliphatic heterocycles. The predicted molar refractivity (Wildman–Crippen MR) is 82.7 cm³/mol. The summed E-state index contributed by atoms with van der Waals surface area (Å²) in [6.45, 7) is 2.05. The molecule has 23 heavy (non-hydrogen) atoms. The van der Waals surface area contributed by atoms with E-state index >= 15 is 0 Å². The number of hydrogen-bond donors (Lipinski definition) is 1. The highest BCUT2D eigenvalue weighted by molar-refractivity contribution is 5.94. The summed E-state index contributed by atoms with van der Waals surface area (Å²) < 4.78 is 12.9. The molecule has 0 fully saturated rings. The smallest absolute Gasteiger partial charge is 0.269 e. The Morgan fingerprint density at radius 2 is 2.17 bits per heavy atom. The van der Waals surface area contributed by atoms with Crippen LogP contribution in [0, 0.1) is 6.92 Å². The Kier molecular flexibility index (Phi) is 3.11. The summed E-state index contributed by atoms with van der Waals surface area (Å²) in [5.41, 5.74) is 2.14. The predicted octanol–water partition coefficient (Wildman–Crippen LogP) is 1.82. The average Bonchev–Trinajstić information content (AvgIpc) is 2.93. The zero-order valence-corrected chi connectivity index (χ0v) is 12.4. The zero-order chi connectivity index (χ0) is 15.8. The van der Waals surface area contributed by atoms with E-state index in [-0.39, 0.29) is 12.5 Å². The number of fused-ring (bicyclic) bond motifs is 2. The highest BCUT2D eigenvalue weighted by atomic mass is 16.6. The number of nitrogens with one attached hydrogen (secondary N) is 1. The quantitative estimate of drug-likeness (QED) is 0.781. The summed E-state index contributed by atoms with van der Waals surface area (Å²) in [6.07, 6.45) is 2.59. The molecule has 0 saturated carbocycles. The lowest BCUT2D eigenvalue weighted by Crippen LogP contribution is -2.40. The maximum atomic E-state index is 12.3. The van der Waals surface area contributed by atoms with Crippen LogP contribution in [0.15, 0.2) is 42.7 Å². The number of aromatic nitrogens is 3. The van der Waals surface area contributed by atoms with Gasteiger partial charge in [0, 0.05) is 6.07 Å². The van der Waals surface area contributed by atoms with Crippen molar-refractivity contribution in [3.8, 4) is 11.5 Å². The first-order chi connectivity index (χ1) is 11.2. The number of nitrogens with zero attached hydrogens (tertiary/aromatic N) is 3.